The second-order valence-corrected chi connectivity index (χ2v) is 27.6. The van der Waals surface area contributed by atoms with Gasteiger partial charge in [-0.25, -0.2) is 0 Å². The van der Waals surface area contributed by atoms with Crippen LogP contribution in [-0.2, 0) is 19.2 Å². The maximum atomic E-state index is 11.9. The van der Waals surface area contributed by atoms with Gasteiger partial charge in [0.05, 0.1) is 0 Å². The van der Waals surface area contributed by atoms with Gasteiger partial charge in [-0.2, -0.15) is 0 Å². The summed E-state index contributed by atoms with van der Waals surface area (Å²) in [7, 11) is 0. The minimum Gasteiger partial charge on any atom is -0.303 e. The Morgan fingerprint density at radius 2 is 0.594 bits per heavy atom. The molecule has 0 saturated carbocycles. The highest BCUT2D eigenvalue weighted by Crippen LogP contribution is 2.35. The first-order valence-electron chi connectivity index (χ1n) is 29.3. The van der Waals surface area contributed by atoms with Crippen LogP contribution >= 0.6 is 0 Å². The van der Waals surface area contributed by atoms with Gasteiger partial charge in [-0.1, -0.05) is 208 Å². The van der Waals surface area contributed by atoms with Crippen LogP contribution in [0.1, 0.15) is 259 Å². The quantitative estimate of drug-likeness (QED) is 0.0673. The van der Waals surface area contributed by atoms with E-state index in [1.54, 1.807) is 0 Å². The van der Waals surface area contributed by atoms with Gasteiger partial charge >= 0.3 is 0 Å². The Kier molecular flexibility index (Phi) is 47.9. The van der Waals surface area contributed by atoms with Gasteiger partial charge in [-0.15, -0.1) is 0 Å². The minimum atomic E-state index is 0.234. The summed E-state index contributed by atoms with van der Waals surface area (Å²) in [6.07, 6.45) is 12.3. The highest BCUT2D eigenvalue weighted by molar-refractivity contribution is 5.81. The van der Waals surface area contributed by atoms with Crippen molar-refractivity contribution < 1.29 is 19.2 Å². The van der Waals surface area contributed by atoms with Crippen LogP contribution < -0.4 is 0 Å². The van der Waals surface area contributed by atoms with Crippen molar-refractivity contribution in [1.82, 2.24) is 0 Å². The lowest BCUT2D eigenvalue weighted by Crippen LogP contribution is -2.27. The van der Waals surface area contributed by atoms with Crippen molar-refractivity contribution in [1.29, 1.82) is 0 Å². The summed E-state index contributed by atoms with van der Waals surface area (Å²) in [5.41, 5.74) is 0. The summed E-state index contributed by atoms with van der Waals surface area (Å²) in [4.78, 5) is 44.8. The SMILES string of the molecule is CC(C)CC(=O)[C@@H](CC(C)C)C(C)C.CC(C)CC(CC(C)C)C(C)C.CC(C)C[C@@H](C(C)C)[C@@H](C=O)C(C)C.CC(C)C[C@@H](C(C)C)[C@H](C=O)C(C)C.CC(C)C[C@@H](C(C)C)[C@H](CC=O)C(C)C. The molecule has 416 valence electrons. The monoisotopic (exact) mass is 977 g/mol. The van der Waals surface area contributed by atoms with E-state index in [0.29, 0.717) is 94.6 Å². The van der Waals surface area contributed by atoms with E-state index in [1.807, 2.05) is 0 Å². The van der Waals surface area contributed by atoms with Crippen molar-refractivity contribution in [3.8, 4) is 0 Å². The second kappa shape index (κ2) is 43.1. The molecule has 0 aromatic heterocycles. The summed E-state index contributed by atoms with van der Waals surface area (Å²) in [5.74, 6) is 14.2. The Hall–Kier alpha value is -1.32. The van der Waals surface area contributed by atoms with E-state index in [9.17, 15) is 19.2 Å². The van der Waals surface area contributed by atoms with Gasteiger partial charge in [0, 0.05) is 30.6 Å². The molecule has 0 aliphatic heterocycles. The van der Waals surface area contributed by atoms with E-state index >= 15 is 0 Å². The Morgan fingerprint density at radius 3 is 0.783 bits per heavy atom. The van der Waals surface area contributed by atoms with E-state index in [4.69, 9.17) is 0 Å². The maximum absolute atomic E-state index is 11.9. The number of hydrogen-bond donors (Lipinski definition) is 0. The van der Waals surface area contributed by atoms with E-state index in [-0.39, 0.29) is 17.8 Å². The molecule has 4 nitrogen and oxygen atoms in total. The zero-order chi connectivity index (χ0) is 55.6. The molecule has 0 radical (unpaired) electrons. The third kappa shape index (κ3) is 41.8. The molecule has 0 aromatic rings. The van der Waals surface area contributed by atoms with Crippen molar-refractivity contribution in [2.24, 2.45) is 136 Å². The summed E-state index contributed by atoms with van der Waals surface area (Å²) in [5, 5.41) is 0. The number of hydrogen-bond acceptors (Lipinski definition) is 4. The molecule has 0 aromatic carbocycles. The Morgan fingerprint density at radius 1 is 0.304 bits per heavy atom. The molecule has 0 unspecified atom stereocenters. The van der Waals surface area contributed by atoms with Crippen LogP contribution in [-0.4, -0.2) is 24.6 Å². The van der Waals surface area contributed by atoms with Crippen LogP contribution in [0, 0.1) is 136 Å². The Bertz CT molecular complexity index is 1130. The molecule has 0 spiro atoms. The van der Waals surface area contributed by atoms with Crippen molar-refractivity contribution in [3.63, 3.8) is 0 Å². The Labute approximate surface area is 437 Å². The molecule has 0 N–H and O–H groups in total. The van der Waals surface area contributed by atoms with Gasteiger partial charge in [-0.3, -0.25) is 4.79 Å². The number of rotatable bonds is 30. The average Bonchev–Trinajstić information content (AvgIpc) is 3.17. The van der Waals surface area contributed by atoms with Crippen LogP contribution in [0.5, 0.6) is 0 Å². The zero-order valence-corrected chi connectivity index (χ0v) is 52.8. The van der Waals surface area contributed by atoms with Crippen molar-refractivity contribution in [2.75, 3.05) is 0 Å². The van der Waals surface area contributed by atoms with Crippen LogP contribution in [0.4, 0.5) is 0 Å². The average molecular weight is 978 g/mol. The number of ketones is 1. The van der Waals surface area contributed by atoms with E-state index in [1.165, 1.54) is 32.1 Å². The number of carbonyl (C=O) groups is 4. The van der Waals surface area contributed by atoms with Crippen LogP contribution in [0.25, 0.3) is 0 Å². The lowest BCUT2D eigenvalue weighted by molar-refractivity contribution is -0.125. The Balaban J connectivity index is -0.000000248. The molecule has 0 amide bonds. The third-order valence-electron chi connectivity index (χ3n) is 14.5. The molecule has 0 aliphatic carbocycles. The van der Waals surface area contributed by atoms with Gasteiger partial charge in [0.2, 0.25) is 0 Å². The van der Waals surface area contributed by atoms with E-state index in [0.717, 1.165) is 67.7 Å². The predicted octanol–water partition coefficient (Wildman–Crippen LogP) is 20.0. The van der Waals surface area contributed by atoms with Gasteiger partial charge in [0.15, 0.2) is 0 Å². The molecule has 0 rings (SSSR count). The first-order chi connectivity index (χ1) is 31.5. The standard InChI is InChI=1S/C14H28O.3C13H26O.C12H26/c1-10(2)9-14(12(5)6)13(7-8-15)11(3)4;2*1-9(2)7-12(10(3)4)13(8-14)11(5)6;1-9(2)7-12(11(5)6)13(14)8-10(3)4;1-9(2)7-12(11(5)6)8-10(3)4/h8,10-14H,7,9H2,1-6H3;2*8-13H,7H2,1-6H3;9-12H,7-8H2,1-6H3;9-12H,7-8H2,1-6H3/t13-,14+;12-,13+;12-,13-;12-;/m1000./s1. The summed E-state index contributed by atoms with van der Waals surface area (Å²) < 4.78 is 0. The molecular weight excluding hydrogens is 845 g/mol. The second-order valence-electron chi connectivity index (χ2n) is 27.6. The third-order valence-corrected chi connectivity index (χ3v) is 14.5. The van der Waals surface area contributed by atoms with Crippen molar-refractivity contribution in [2.45, 2.75) is 259 Å². The summed E-state index contributed by atoms with van der Waals surface area (Å²) in [6.45, 7) is 67.0. The molecular formula is C65H132O4. The first-order valence-corrected chi connectivity index (χ1v) is 29.3. The van der Waals surface area contributed by atoms with Gasteiger partial charge in [-0.05, 0) is 157 Å². The maximum Gasteiger partial charge on any atom is 0.136 e. The fourth-order valence-corrected chi connectivity index (χ4v) is 10.6. The highest BCUT2D eigenvalue weighted by atomic mass is 16.1. The van der Waals surface area contributed by atoms with Crippen LogP contribution in [0.3, 0.4) is 0 Å². The largest absolute Gasteiger partial charge is 0.303 e. The van der Waals surface area contributed by atoms with Gasteiger partial charge < -0.3 is 14.4 Å². The molecule has 0 saturated heterocycles. The van der Waals surface area contributed by atoms with Gasteiger partial charge in [0.25, 0.3) is 0 Å². The summed E-state index contributed by atoms with van der Waals surface area (Å²) in [6, 6.07) is 0. The fraction of sp³-hybridized carbons (Fsp3) is 0.938. The normalized spacial score (nSPS) is 15.2. The fourth-order valence-electron chi connectivity index (χ4n) is 10.6. The molecule has 4 heteroatoms. The zero-order valence-electron chi connectivity index (χ0n) is 52.8. The lowest BCUT2D eigenvalue weighted by atomic mass is 9.72. The minimum absolute atomic E-state index is 0.234. The highest BCUT2D eigenvalue weighted by Gasteiger charge is 2.30. The molecule has 69 heavy (non-hydrogen) atoms. The van der Waals surface area contributed by atoms with Crippen LogP contribution in [0.15, 0.2) is 0 Å². The molecule has 0 fully saturated rings. The van der Waals surface area contributed by atoms with Gasteiger partial charge in [0.1, 0.15) is 24.6 Å². The van der Waals surface area contributed by atoms with Crippen molar-refractivity contribution >= 4 is 24.6 Å². The van der Waals surface area contributed by atoms with E-state index < -0.39 is 0 Å². The summed E-state index contributed by atoms with van der Waals surface area (Å²) >= 11 is 0. The predicted molar refractivity (Wildman–Crippen MR) is 311 cm³/mol. The molecule has 0 bridgehead atoms. The molecule has 0 aliphatic rings. The molecule has 0 heterocycles. The first kappa shape index (κ1) is 76.6. The number of aldehydes is 3. The smallest absolute Gasteiger partial charge is 0.136 e. The molecule has 7 atom stereocenters. The number of Topliss-reactive ketones (excluding diaryl/α,β-unsaturated/α-hetero) is 1. The topological polar surface area (TPSA) is 68.3 Å². The van der Waals surface area contributed by atoms with Crippen LogP contribution in [0.2, 0.25) is 0 Å². The van der Waals surface area contributed by atoms with Crippen molar-refractivity contribution in [3.05, 3.63) is 0 Å². The lowest BCUT2D eigenvalue weighted by Gasteiger charge is -2.33. The van der Waals surface area contributed by atoms with E-state index in [2.05, 4.69) is 208 Å². The number of carbonyl (C=O) groups excluding carboxylic acids is 4.